The Bertz CT molecular complexity index is 951. The molecule has 1 fully saturated rings. The average Bonchev–Trinajstić information content (AvgIpc) is 2.79. The van der Waals surface area contributed by atoms with Gasteiger partial charge in [0.05, 0.1) is 0 Å². The molecule has 3 N–H and O–H groups in total. The summed E-state index contributed by atoms with van der Waals surface area (Å²) in [6.45, 7) is 7.51. The lowest BCUT2D eigenvalue weighted by molar-refractivity contribution is 0.0528. The summed E-state index contributed by atoms with van der Waals surface area (Å²) in [6.07, 6.45) is 2.00. The molecule has 0 bridgehead atoms. The highest BCUT2D eigenvalue weighted by Gasteiger charge is 2.22. The topological polar surface area (TPSA) is 82.7 Å². The Morgan fingerprint density at radius 3 is 2.35 bits per heavy atom. The fourth-order valence-corrected chi connectivity index (χ4v) is 3.78. The predicted molar refractivity (Wildman–Crippen MR) is 131 cm³/mol. The number of hydrogen-bond acceptors (Lipinski definition) is 4. The van der Waals surface area contributed by atoms with E-state index in [1.807, 2.05) is 45.0 Å². The van der Waals surface area contributed by atoms with E-state index in [1.54, 1.807) is 23.1 Å². The van der Waals surface area contributed by atoms with Gasteiger partial charge in [-0.25, -0.2) is 14.0 Å². The minimum Gasteiger partial charge on any atom is -0.444 e. The van der Waals surface area contributed by atoms with Gasteiger partial charge < -0.3 is 25.6 Å². The molecule has 1 aliphatic rings. The highest BCUT2D eigenvalue weighted by molar-refractivity contribution is 5.74. The molecule has 0 saturated carbocycles. The first-order valence-electron chi connectivity index (χ1n) is 11.8. The van der Waals surface area contributed by atoms with E-state index in [1.165, 1.54) is 6.07 Å². The third kappa shape index (κ3) is 8.24. The molecule has 8 heteroatoms. The second kappa shape index (κ2) is 11.7. The summed E-state index contributed by atoms with van der Waals surface area (Å²) in [5.74, 6) is -0.309. The molecule has 0 unspecified atom stereocenters. The van der Waals surface area contributed by atoms with Crippen LogP contribution in [0.4, 0.5) is 19.7 Å². The standard InChI is InChI=1S/C26H35FN4O3/c1-26(2,3)34-25(33)28-15-12-19-8-10-21(11-9-19)30-22-13-16-31(17-14-22)24(32)29-18-20-6-4-5-7-23(20)27/h4-11,22,30H,12-18H2,1-3H3,(H,28,33)(H,29,32). The van der Waals surface area contributed by atoms with Gasteiger partial charge in [0.25, 0.3) is 0 Å². The molecule has 2 aromatic carbocycles. The van der Waals surface area contributed by atoms with E-state index in [9.17, 15) is 14.0 Å². The lowest BCUT2D eigenvalue weighted by Crippen LogP contribution is -2.46. The number of piperidine rings is 1. The fraction of sp³-hybridized carbons (Fsp3) is 0.462. The van der Waals surface area contributed by atoms with Crippen molar-refractivity contribution in [3.63, 3.8) is 0 Å². The number of alkyl carbamates (subject to hydrolysis) is 1. The lowest BCUT2D eigenvalue weighted by atomic mass is 10.0. The summed E-state index contributed by atoms with van der Waals surface area (Å²) in [5.41, 5.74) is 2.14. The van der Waals surface area contributed by atoms with Crippen molar-refractivity contribution in [1.29, 1.82) is 0 Å². The van der Waals surface area contributed by atoms with Crippen LogP contribution >= 0.6 is 0 Å². The van der Waals surface area contributed by atoms with Gasteiger partial charge in [-0.2, -0.15) is 0 Å². The molecule has 1 aliphatic heterocycles. The molecule has 7 nitrogen and oxygen atoms in total. The lowest BCUT2D eigenvalue weighted by Gasteiger charge is -2.33. The number of halogens is 1. The maximum Gasteiger partial charge on any atom is 0.407 e. The summed E-state index contributed by atoms with van der Waals surface area (Å²) in [5, 5.41) is 9.11. The van der Waals surface area contributed by atoms with Crippen molar-refractivity contribution in [2.45, 2.75) is 58.2 Å². The second-order valence-corrected chi connectivity index (χ2v) is 9.53. The Hall–Kier alpha value is -3.29. The van der Waals surface area contributed by atoms with E-state index in [-0.39, 0.29) is 24.4 Å². The van der Waals surface area contributed by atoms with Crippen LogP contribution in [0, 0.1) is 5.82 Å². The van der Waals surface area contributed by atoms with Crippen molar-refractivity contribution in [3.8, 4) is 0 Å². The number of nitrogens with zero attached hydrogens (tertiary/aromatic N) is 1. The molecule has 0 radical (unpaired) electrons. The van der Waals surface area contributed by atoms with Crippen molar-refractivity contribution < 1.29 is 18.7 Å². The van der Waals surface area contributed by atoms with Gasteiger partial charge in [0.1, 0.15) is 11.4 Å². The van der Waals surface area contributed by atoms with Crippen LogP contribution in [0.2, 0.25) is 0 Å². The second-order valence-electron chi connectivity index (χ2n) is 9.53. The third-order valence-corrected chi connectivity index (χ3v) is 5.58. The largest absolute Gasteiger partial charge is 0.444 e. The van der Waals surface area contributed by atoms with Crippen LogP contribution in [-0.2, 0) is 17.7 Å². The molecule has 0 atom stereocenters. The number of anilines is 1. The van der Waals surface area contributed by atoms with Gasteiger partial charge in [-0.05, 0) is 63.8 Å². The van der Waals surface area contributed by atoms with Crippen LogP contribution < -0.4 is 16.0 Å². The zero-order valence-electron chi connectivity index (χ0n) is 20.2. The number of nitrogens with one attached hydrogen (secondary N) is 3. The summed E-state index contributed by atoms with van der Waals surface area (Å²) >= 11 is 0. The number of benzene rings is 2. The van der Waals surface area contributed by atoms with Gasteiger partial charge in [-0.1, -0.05) is 30.3 Å². The van der Waals surface area contributed by atoms with Crippen molar-refractivity contribution in [1.82, 2.24) is 15.5 Å². The quantitative estimate of drug-likeness (QED) is 0.549. The molecular weight excluding hydrogens is 435 g/mol. The Morgan fingerprint density at radius 1 is 1.03 bits per heavy atom. The van der Waals surface area contributed by atoms with Crippen molar-refractivity contribution >= 4 is 17.8 Å². The van der Waals surface area contributed by atoms with Crippen molar-refractivity contribution in [2.75, 3.05) is 25.0 Å². The van der Waals surface area contributed by atoms with Crippen LogP contribution in [0.5, 0.6) is 0 Å². The third-order valence-electron chi connectivity index (χ3n) is 5.58. The SMILES string of the molecule is CC(C)(C)OC(=O)NCCc1ccc(NC2CCN(C(=O)NCc3ccccc3F)CC2)cc1. The molecule has 184 valence electrons. The van der Waals surface area contributed by atoms with Crippen LogP contribution in [-0.4, -0.2) is 48.3 Å². The van der Waals surface area contributed by atoms with Gasteiger partial charge >= 0.3 is 12.1 Å². The highest BCUT2D eigenvalue weighted by Crippen LogP contribution is 2.18. The molecule has 34 heavy (non-hydrogen) atoms. The molecule has 1 saturated heterocycles. The number of hydrogen-bond donors (Lipinski definition) is 3. The molecule has 1 heterocycles. The monoisotopic (exact) mass is 470 g/mol. The highest BCUT2D eigenvalue weighted by atomic mass is 19.1. The molecule has 3 amide bonds. The summed E-state index contributed by atoms with van der Waals surface area (Å²) in [7, 11) is 0. The normalized spacial score (nSPS) is 14.4. The number of ether oxygens (including phenoxy) is 1. The van der Waals surface area contributed by atoms with E-state index in [2.05, 4.69) is 16.0 Å². The van der Waals surface area contributed by atoms with Crippen molar-refractivity contribution in [2.24, 2.45) is 0 Å². The maximum absolute atomic E-state index is 13.7. The number of carbonyl (C=O) groups excluding carboxylic acids is 2. The molecule has 0 aromatic heterocycles. The van der Waals surface area contributed by atoms with Gasteiger partial charge in [0, 0.05) is 43.5 Å². The van der Waals surface area contributed by atoms with Gasteiger partial charge in [0.2, 0.25) is 0 Å². The van der Waals surface area contributed by atoms with Gasteiger partial charge in [0.15, 0.2) is 0 Å². The van der Waals surface area contributed by atoms with E-state index in [4.69, 9.17) is 4.74 Å². The Morgan fingerprint density at radius 2 is 1.71 bits per heavy atom. The number of carbonyl (C=O) groups is 2. The smallest absolute Gasteiger partial charge is 0.407 e. The van der Waals surface area contributed by atoms with Crippen molar-refractivity contribution in [3.05, 3.63) is 65.5 Å². The van der Waals surface area contributed by atoms with E-state index in [0.717, 1.165) is 30.5 Å². The average molecular weight is 471 g/mol. The van der Waals surface area contributed by atoms with Gasteiger partial charge in [-0.3, -0.25) is 0 Å². The Balaban J connectivity index is 1.36. The zero-order chi connectivity index (χ0) is 24.6. The molecular formula is C26H35FN4O3. The number of rotatable bonds is 7. The van der Waals surface area contributed by atoms with Crippen LogP contribution in [0.3, 0.4) is 0 Å². The molecule has 2 aromatic rings. The first-order valence-corrected chi connectivity index (χ1v) is 11.8. The van der Waals surface area contributed by atoms with E-state index >= 15 is 0 Å². The summed E-state index contributed by atoms with van der Waals surface area (Å²) in [4.78, 5) is 25.9. The minimum absolute atomic E-state index is 0.161. The molecule has 0 spiro atoms. The van der Waals surface area contributed by atoms with E-state index in [0.29, 0.717) is 25.2 Å². The number of urea groups is 1. The Labute approximate surface area is 201 Å². The minimum atomic E-state index is -0.501. The van der Waals surface area contributed by atoms with Gasteiger partial charge in [-0.15, -0.1) is 0 Å². The zero-order valence-corrected chi connectivity index (χ0v) is 20.2. The van der Waals surface area contributed by atoms with E-state index < -0.39 is 11.7 Å². The number of amides is 3. The predicted octanol–water partition coefficient (Wildman–Crippen LogP) is 4.68. The molecule has 3 rings (SSSR count). The summed E-state index contributed by atoms with van der Waals surface area (Å²) in [6, 6.07) is 14.8. The number of likely N-dealkylation sites (tertiary alicyclic amines) is 1. The van der Waals surface area contributed by atoms with Crippen LogP contribution in [0.25, 0.3) is 0 Å². The van der Waals surface area contributed by atoms with Crippen LogP contribution in [0.1, 0.15) is 44.7 Å². The summed E-state index contributed by atoms with van der Waals surface area (Å²) < 4.78 is 19.0. The van der Waals surface area contributed by atoms with Crippen LogP contribution in [0.15, 0.2) is 48.5 Å². The molecule has 0 aliphatic carbocycles. The Kier molecular flexibility index (Phi) is 8.73. The first kappa shape index (κ1) is 25.3. The first-order chi connectivity index (χ1) is 16.2. The maximum atomic E-state index is 13.7. The fourth-order valence-electron chi connectivity index (χ4n) is 3.78.